The maximum atomic E-state index is 10.8. The summed E-state index contributed by atoms with van der Waals surface area (Å²) in [5.74, 6) is 0. The Kier molecular flexibility index (Phi) is 4.64. The summed E-state index contributed by atoms with van der Waals surface area (Å²) in [5.41, 5.74) is 1.06. The summed E-state index contributed by atoms with van der Waals surface area (Å²) in [6.07, 6.45) is 6.34. The minimum absolute atomic E-state index is 0.0499. The topological polar surface area (TPSA) is 36.4 Å². The van der Waals surface area contributed by atoms with Crippen molar-refractivity contribution in [3.63, 3.8) is 0 Å². The van der Waals surface area contributed by atoms with Crippen LogP contribution in [0.1, 0.15) is 47.7 Å². The molecule has 1 aromatic rings. The second-order valence-corrected chi connectivity index (χ2v) is 7.32. The molecule has 3 nitrogen and oxygen atoms in total. The Morgan fingerprint density at radius 3 is 2.37 bits per heavy atom. The van der Waals surface area contributed by atoms with Crippen LogP contribution in [-0.4, -0.2) is 40.7 Å². The molecule has 0 amide bonds. The number of aromatic nitrogens is 1. The van der Waals surface area contributed by atoms with E-state index >= 15 is 0 Å². The number of hydrogen-bond donors (Lipinski definition) is 1. The zero-order valence-electron chi connectivity index (χ0n) is 12.6. The van der Waals surface area contributed by atoms with Crippen LogP contribution in [0.25, 0.3) is 0 Å². The first-order valence-electron chi connectivity index (χ1n) is 7.24. The standard InChI is InChI=1S/C15H26N2OS/c1-11-12(2)19-14(16-11)10-13(18)15(17(3)4)8-6-5-7-9-15/h13,18H,5-10H2,1-4H3. The molecule has 1 unspecified atom stereocenters. The maximum absolute atomic E-state index is 10.8. The molecule has 0 spiro atoms. The van der Waals surface area contributed by atoms with Crippen LogP contribution < -0.4 is 0 Å². The molecule has 0 bridgehead atoms. The van der Waals surface area contributed by atoms with Crippen LogP contribution in [0.2, 0.25) is 0 Å². The Hall–Kier alpha value is -0.450. The molecule has 0 radical (unpaired) electrons. The maximum Gasteiger partial charge on any atom is 0.0957 e. The minimum atomic E-state index is -0.312. The van der Waals surface area contributed by atoms with Gasteiger partial charge in [0.25, 0.3) is 0 Å². The molecule has 1 fully saturated rings. The van der Waals surface area contributed by atoms with Gasteiger partial charge in [-0.2, -0.15) is 0 Å². The lowest BCUT2D eigenvalue weighted by molar-refractivity contribution is -0.0310. The Labute approximate surface area is 120 Å². The van der Waals surface area contributed by atoms with Crippen LogP contribution in [0.3, 0.4) is 0 Å². The van der Waals surface area contributed by atoms with Crippen molar-refractivity contribution >= 4 is 11.3 Å². The molecule has 1 aromatic heterocycles. The highest BCUT2D eigenvalue weighted by molar-refractivity contribution is 7.11. The molecule has 108 valence electrons. The van der Waals surface area contributed by atoms with Gasteiger partial charge >= 0.3 is 0 Å². The first kappa shape index (κ1) is 14.9. The highest BCUT2D eigenvalue weighted by Gasteiger charge is 2.41. The van der Waals surface area contributed by atoms with Crippen LogP contribution in [0.15, 0.2) is 0 Å². The van der Waals surface area contributed by atoms with Crippen molar-refractivity contribution in [2.24, 2.45) is 0 Å². The molecule has 1 aliphatic rings. The van der Waals surface area contributed by atoms with Gasteiger partial charge in [-0.25, -0.2) is 4.98 Å². The lowest BCUT2D eigenvalue weighted by atomic mass is 9.75. The van der Waals surface area contributed by atoms with Crippen molar-refractivity contribution in [1.29, 1.82) is 0 Å². The molecule has 4 heteroatoms. The largest absolute Gasteiger partial charge is 0.391 e. The van der Waals surface area contributed by atoms with E-state index in [1.165, 1.54) is 24.1 Å². The van der Waals surface area contributed by atoms with E-state index in [9.17, 15) is 5.11 Å². The number of likely N-dealkylation sites (N-methyl/N-ethyl adjacent to an activating group) is 1. The summed E-state index contributed by atoms with van der Waals surface area (Å²) in [6, 6.07) is 0. The van der Waals surface area contributed by atoms with Gasteiger partial charge < -0.3 is 10.0 Å². The third-order valence-electron chi connectivity index (χ3n) is 4.67. The van der Waals surface area contributed by atoms with Gasteiger partial charge in [0.2, 0.25) is 0 Å². The van der Waals surface area contributed by atoms with Gasteiger partial charge in [-0.3, -0.25) is 0 Å². The van der Waals surface area contributed by atoms with Gasteiger partial charge in [0.1, 0.15) is 0 Å². The van der Waals surface area contributed by atoms with Crippen molar-refractivity contribution < 1.29 is 5.11 Å². The second-order valence-electron chi connectivity index (χ2n) is 6.03. The van der Waals surface area contributed by atoms with Gasteiger partial charge in [0, 0.05) is 16.8 Å². The second kappa shape index (κ2) is 5.90. The number of aryl methyl sites for hydroxylation is 2. The van der Waals surface area contributed by atoms with E-state index in [0.29, 0.717) is 6.42 Å². The number of aliphatic hydroxyl groups is 1. The molecule has 2 rings (SSSR count). The lowest BCUT2D eigenvalue weighted by Crippen LogP contribution is -2.55. The Bertz CT molecular complexity index is 402. The summed E-state index contributed by atoms with van der Waals surface area (Å²) in [5, 5.41) is 11.9. The third kappa shape index (κ3) is 3.01. The van der Waals surface area contributed by atoms with E-state index in [1.807, 2.05) is 6.92 Å². The van der Waals surface area contributed by atoms with Crippen LogP contribution in [-0.2, 0) is 6.42 Å². The first-order chi connectivity index (χ1) is 8.95. The fourth-order valence-corrected chi connectivity index (χ4v) is 4.19. The molecular formula is C15H26N2OS. The SMILES string of the molecule is Cc1nc(CC(O)C2(N(C)C)CCCCC2)sc1C. The molecule has 0 aromatic carbocycles. The number of rotatable bonds is 4. The van der Waals surface area contributed by atoms with E-state index in [2.05, 4.69) is 30.9 Å². The highest BCUT2D eigenvalue weighted by atomic mass is 32.1. The van der Waals surface area contributed by atoms with E-state index in [1.54, 1.807) is 11.3 Å². The normalized spacial score (nSPS) is 20.7. The van der Waals surface area contributed by atoms with Crippen molar-refractivity contribution in [2.75, 3.05) is 14.1 Å². The molecule has 19 heavy (non-hydrogen) atoms. The Morgan fingerprint density at radius 2 is 1.89 bits per heavy atom. The quantitative estimate of drug-likeness (QED) is 0.922. The fourth-order valence-electron chi connectivity index (χ4n) is 3.22. The Balaban J connectivity index is 2.13. The first-order valence-corrected chi connectivity index (χ1v) is 8.06. The monoisotopic (exact) mass is 282 g/mol. The van der Waals surface area contributed by atoms with E-state index < -0.39 is 0 Å². The third-order valence-corrected chi connectivity index (χ3v) is 5.77. The van der Waals surface area contributed by atoms with E-state index in [4.69, 9.17) is 0 Å². The van der Waals surface area contributed by atoms with Crippen LogP contribution in [0.4, 0.5) is 0 Å². The Morgan fingerprint density at radius 1 is 1.26 bits per heavy atom. The van der Waals surface area contributed by atoms with Crippen molar-refractivity contribution in [2.45, 2.75) is 64.0 Å². The fraction of sp³-hybridized carbons (Fsp3) is 0.800. The number of aliphatic hydroxyl groups excluding tert-OH is 1. The highest BCUT2D eigenvalue weighted by Crippen LogP contribution is 2.36. The van der Waals surface area contributed by atoms with Gasteiger partial charge in [-0.1, -0.05) is 19.3 Å². The van der Waals surface area contributed by atoms with Crippen molar-refractivity contribution in [3.05, 3.63) is 15.6 Å². The minimum Gasteiger partial charge on any atom is -0.391 e. The average molecular weight is 282 g/mol. The number of hydrogen-bond acceptors (Lipinski definition) is 4. The molecular weight excluding hydrogens is 256 g/mol. The zero-order valence-corrected chi connectivity index (χ0v) is 13.4. The summed E-state index contributed by atoms with van der Waals surface area (Å²) >= 11 is 1.73. The van der Waals surface area contributed by atoms with Crippen molar-refractivity contribution in [1.82, 2.24) is 9.88 Å². The average Bonchev–Trinajstić information content (AvgIpc) is 2.68. The van der Waals surface area contributed by atoms with Gasteiger partial charge in [0.05, 0.1) is 16.8 Å². The number of nitrogens with zero attached hydrogens (tertiary/aromatic N) is 2. The van der Waals surface area contributed by atoms with Gasteiger partial charge in [0.15, 0.2) is 0 Å². The zero-order chi connectivity index (χ0) is 14.0. The molecule has 0 saturated heterocycles. The van der Waals surface area contributed by atoms with Crippen molar-refractivity contribution in [3.8, 4) is 0 Å². The van der Waals surface area contributed by atoms with Gasteiger partial charge in [-0.15, -0.1) is 11.3 Å². The molecule has 1 heterocycles. The van der Waals surface area contributed by atoms with Crippen LogP contribution >= 0.6 is 11.3 Å². The summed E-state index contributed by atoms with van der Waals surface area (Å²) < 4.78 is 0. The summed E-state index contributed by atoms with van der Waals surface area (Å²) in [4.78, 5) is 8.08. The van der Waals surface area contributed by atoms with E-state index in [-0.39, 0.29) is 11.6 Å². The molecule has 1 saturated carbocycles. The molecule has 0 aliphatic heterocycles. The molecule has 1 N–H and O–H groups in total. The van der Waals surface area contributed by atoms with Gasteiger partial charge in [-0.05, 0) is 40.8 Å². The summed E-state index contributed by atoms with van der Waals surface area (Å²) in [6.45, 7) is 4.15. The predicted octanol–water partition coefficient (Wildman–Crippen LogP) is 2.93. The van der Waals surface area contributed by atoms with Crippen LogP contribution in [0, 0.1) is 13.8 Å². The van der Waals surface area contributed by atoms with E-state index in [0.717, 1.165) is 23.5 Å². The molecule has 1 aliphatic carbocycles. The predicted molar refractivity (Wildman–Crippen MR) is 80.8 cm³/mol. The van der Waals surface area contributed by atoms with Crippen LogP contribution in [0.5, 0.6) is 0 Å². The molecule has 1 atom stereocenters. The summed E-state index contributed by atoms with van der Waals surface area (Å²) in [7, 11) is 4.21. The smallest absolute Gasteiger partial charge is 0.0957 e. The lowest BCUT2D eigenvalue weighted by Gasteiger charge is -2.46. The number of thiazole rings is 1.